The van der Waals surface area contributed by atoms with Crippen molar-refractivity contribution in [3.63, 3.8) is 0 Å². The fourth-order valence-corrected chi connectivity index (χ4v) is 2.51. The van der Waals surface area contributed by atoms with Crippen molar-refractivity contribution >= 4 is 16.6 Å². The third-order valence-electron chi connectivity index (χ3n) is 3.75. The number of rotatable bonds is 2. The van der Waals surface area contributed by atoms with Crippen molar-refractivity contribution in [3.8, 4) is 11.3 Å². The number of hydrogen-bond donors (Lipinski definition) is 1. The van der Waals surface area contributed by atoms with E-state index in [1.807, 2.05) is 6.07 Å². The van der Waals surface area contributed by atoms with Crippen LogP contribution in [0.15, 0.2) is 48.5 Å². The molecule has 1 aliphatic carbocycles. The zero-order valence-electron chi connectivity index (χ0n) is 11.1. The third kappa shape index (κ3) is 2.01. The summed E-state index contributed by atoms with van der Waals surface area (Å²) in [5.74, 6) is 1.97. The second kappa shape index (κ2) is 4.30. The van der Waals surface area contributed by atoms with Crippen molar-refractivity contribution < 1.29 is 0 Å². The van der Waals surface area contributed by atoms with Crippen LogP contribution in [-0.4, -0.2) is 9.97 Å². The minimum atomic E-state index is 0.512. The first-order valence-electron chi connectivity index (χ1n) is 6.93. The van der Waals surface area contributed by atoms with E-state index in [0.29, 0.717) is 11.7 Å². The zero-order chi connectivity index (χ0) is 13.5. The molecule has 3 aromatic rings. The van der Waals surface area contributed by atoms with Gasteiger partial charge in [-0.15, -0.1) is 0 Å². The maximum atomic E-state index is 5.92. The summed E-state index contributed by atoms with van der Waals surface area (Å²) in [5.41, 5.74) is 7.94. The summed E-state index contributed by atoms with van der Waals surface area (Å²) in [6.07, 6.45) is 2.36. The van der Waals surface area contributed by atoms with E-state index in [-0.39, 0.29) is 0 Å². The van der Waals surface area contributed by atoms with Gasteiger partial charge in [-0.25, -0.2) is 9.97 Å². The zero-order valence-corrected chi connectivity index (χ0v) is 11.1. The van der Waals surface area contributed by atoms with Crippen molar-refractivity contribution in [2.75, 3.05) is 5.73 Å². The van der Waals surface area contributed by atoms with E-state index in [4.69, 9.17) is 5.73 Å². The van der Waals surface area contributed by atoms with E-state index in [1.165, 1.54) is 23.6 Å². The van der Waals surface area contributed by atoms with Crippen LogP contribution in [0.2, 0.25) is 0 Å². The number of nitrogen functional groups attached to an aromatic ring is 1. The van der Waals surface area contributed by atoms with Crippen molar-refractivity contribution in [1.82, 2.24) is 9.97 Å². The first-order chi connectivity index (χ1) is 9.79. The molecule has 1 aliphatic rings. The molecule has 2 N–H and O–H groups in total. The molecule has 2 aromatic carbocycles. The van der Waals surface area contributed by atoms with Gasteiger partial charge in [-0.2, -0.15) is 0 Å². The lowest BCUT2D eigenvalue weighted by Crippen LogP contribution is -2.00. The topological polar surface area (TPSA) is 51.8 Å². The van der Waals surface area contributed by atoms with Crippen LogP contribution in [0.25, 0.3) is 22.0 Å². The minimum Gasteiger partial charge on any atom is -0.384 e. The van der Waals surface area contributed by atoms with Gasteiger partial charge in [-0.3, -0.25) is 0 Å². The van der Waals surface area contributed by atoms with Crippen LogP contribution in [0.3, 0.4) is 0 Å². The molecule has 3 nitrogen and oxygen atoms in total. The van der Waals surface area contributed by atoms with E-state index < -0.39 is 0 Å². The van der Waals surface area contributed by atoms with Gasteiger partial charge in [0, 0.05) is 17.5 Å². The molecule has 20 heavy (non-hydrogen) atoms. The molecule has 1 saturated carbocycles. The molecule has 1 fully saturated rings. The normalized spacial score (nSPS) is 14.6. The van der Waals surface area contributed by atoms with Crippen molar-refractivity contribution in [3.05, 3.63) is 54.4 Å². The Morgan fingerprint density at radius 3 is 2.50 bits per heavy atom. The Balaban J connectivity index is 1.85. The summed E-state index contributed by atoms with van der Waals surface area (Å²) >= 11 is 0. The van der Waals surface area contributed by atoms with E-state index in [0.717, 1.165) is 17.1 Å². The maximum absolute atomic E-state index is 5.92. The molecular formula is C17H15N3. The van der Waals surface area contributed by atoms with Crippen LogP contribution >= 0.6 is 0 Å². The number of nitrogens with zero attached hydrogens (tertiary/aromatic N) is 2. The van der Waals surface area contributed by atoms with Crippen molar-refractivity contribution in [1.29, 1.82) is 0 Å². The smallest absolute Gasteiger partial charge is 0.134 e. The van der Waals surface area contributed by atoms with E-state index >= 15 is 0 Å². The Labute approximate surface area is 117 Å². The quantitative estimate of drug-likeness (QED) is 0.764. The summed E-state index contributed by atoms with van der Waals surface area (Å²) in [6.45, 7) is 0. The molecular weight excluding hydrogens is 246 g/mol. The van der Waals surface area contributed by atoms with Crippen LogP contribution in [0.4, 0.5) is 5.82 Å². The number of anilines is 1. The Morgan fingerprint density at radius 2 is 1.70 bits per heavy atom. The Hall–Kier alpha value is -2.42. The Kier molecular flexibility index (Phi) is 2.46. The highest BCUT2D eigenvalue weighted by Gasteiger charge is 2.27. The Bertz CT molecular complexity index is 791. The SMILES string of the molecule is Nc1cc(-c2ccc3ccccc3c2)nc(C2CC2)n1. The predicted octanol–water partition coefficient (Wildman–Crippen LogP) is 3.76. The minimum absolute atomic E-state index is 0.512. The molecule has 0 aliphatic heterocycles. The van der Waals surface area contributed by atoms with Gasteiger partial charge in [0.2, 0.25) is 0 Å². The van der Waals surface area contributed by atoms with Crippen molar-refractivity contribution in [2.45, 2.75) is 18.8 Å². The van der Waals surface area contributed by atoms with Gasteiger partial charge in [0.1, 0.15) is 11.6 Å². The van der Waals surface area contributed by atoms with Gasteiger partial charge >= 0.3 is 0 Å². The van der Waals surface area contributed by atoms with Crippen LogP contribution in [0.5, 0.6) is 0 Å². The molecule has 0 amide bonds. The first-order valence-corrected chi connectivity index (χ1v) is 6.93. The third-order valence-corrected chi connectivity index (χ3v) is 3.75. The summed E-state index contributed by atoms with van der Waals surface area (Å²) in [4.78, 5) is 9.03. The Morgan fingerprint density at radius 1 is 0.900 bits per heavy atom. The van der Waals surface area contributed by atoms with Gasteiger partial charge in [-0.05, 0) is 29.7 Å². The fraction of sp³-hybridized carbons (Fsp3) is 0.176. The largest absolute Gasteiger partial charge is 0.384 e. The molecule has 0 unspecified atom stereocenters. The molecule has 0 spiro atoms. The average Bonchev–Trinajstić information content (AvgIpc) is 3.31. The molecule has 0 radical (unpaired) electrons. The van der Waals surface area contributed by atoms with Gasteiger partial charge in [0.05, 0.1) is 5.69 Å². The van der Waals surface area contributed by atoms with E-state index in [1.54, 1.807) is 0 Å². The molecule has 0 saturated heterocycles. The van der Waals surface area contributed by atoms with Crippen LogP contribution in [-0.2, 0) is 0 Å². The van der Waals surface area contributed by atoms with Gasteiger partial charge in [0.25, 0.3) is 0 Å². The fourth-order valence-electron chi connectivity index (χ4n) is 2.51. The highest BCUT2D eigenvalue weighted by molar-refractivity contribution is 5.86. The lowest BCUT2D eigenvalue weighted by Gasteiger charge is -2.06. The van der Waals surface area contributed by atoms with E-state index in [9.17, 15) is 0 Å². The van der Waals surface area contributed by atoms with Crippen LogP contribution in [0, 0.1) is 0 Å². The molecule has 3 heteroatoms. The number of nitrogens with two attached hydrogens (primary N) is 1. The summed E-state index contributed by atoms with van der Waals surface area (Å²) in [5, 5.41) is 2.45. The standard InChI is InChI=1S/C17H15N3/c18-16-10-15(19-17(20-16)12-6-7-12)14-8-5-11-3-1-2-4-13(11)9-14/h1-5,8-10,12H,6-7H2,(H2,18,19,20). The molecule has 0 bridgehead atoms. The molecule has 4 rings (SSSR count). The predicted molar refractivity (Wildman–Crippen MR) is 81.4 cm³/mol. The second-order valence-electron chi connectivity index (χ2n) is 5.37. The first kappa shape index (κ1) is 11.4. The molecule has 98 valence electrons. The summed E-state index contributed by atoms with van der Waals surface area (Å²) in [7, 11) is 0. The van der Waals surface area contributed by atoms with Crippen molar-refractivity contribution in [2.24, 2.45) is 0 Å². The number of fused-ring (bicyclic) bond motifs is 1. The van der Waals surface area contributed by atoms with Crippen LogP contribution in [0.1, 0.15) is 24.6 Å². The molecule has 0 atom stereocenters. The lowest BCUT2D eigenvalue weighted by molar-refractivity contribution is 0.936. The summed E-state index contributed by atoms with van der Waals surface area (Å²) < 4.78 is 0. The number of aromatic nitrogens is 2. The van der Waals surface area contributed by atoms with Gasteiger partial charge in [-0.1, -0.05) is 36.4 Å². The number of benzene rings is 2. The van der Waals surface area contributed by atoms with Crippen LogP contribution < -0.4 is 5.73 Å². The number of hydrogen-bond acceptors (Lipinski definition) is 3. The lowest BCUT2D eigenvalue weighted by atomic mass is 10.0. The van der Waals surface area contributed by atoms with Gasteiger partial charge in [0.15, 0.2) is 0 Å². The van der Waals surface area contributed by atoms with Gasteiger partial charge < -0.3 is 5.73 Å². The monoisotopic (exact) mass is 261 g/mol. The molecule has 1 aromatic heterocycles. The maximum Gasteiger partial charge on any atom is 0.134 e. The highest BCUT2D eigenvalue weighted by atomic mass is 15.0. The molecule has 1 heterocycles. The van der Waals surface area contributed by atoms with E-state index in [2.05, 4.69) is 52.4 Å². The second-order valence-corrected chi connectivity index (χ2v) is 5.37. The average molecular weight is 261 g/mol. The summed E-state index contributed by atoms with van der Waals surface area (Å²) in [6, 6.07) is 16.6. The highest BCUT2D eigenvalue weighted by Crippen LogP contribution is 2.39.